The average Bonchev–Trinajstić information content (AvgIpc) is 2.48. The van der Waals surface area contributed by atoms with Gasteiger partial charge in [-0.25, -0.2) is 0 Å². The molecule has 0 radical (unpaired) electrons. The van der Waals surface area contributed by atoms with Gasteiger partial charge in [-0.3, -0.25) is 4.79 Å². The van der Waals surface area contributed by atoms with Crippen molar-refractivity contribution in [3.63, 3.8) is 0 Å². The summed E-state index contributed by atoms with van der Waals surface area (Å²) < 4.78 is 5.52. The first-order valence-corrected chi connectivity index (χ1v) is 7.93. The van der Waals surface area contributed by atoms with E-state index in [1.54, 1.807) is 6.07 Å². The third-order valence-corrected chi connectivity index (χ3v) is 3.95. The molecule has 4 heteroatoms. The van der Waals surface area contributed by atoms with E-state index < -0.39 is 0 Å². The van der Waals surface area contributed by atoms with Crippen LogP contribution in [0.4, 0.5) is 5.69 Å². The number of halogens is 1. The zero-order chi connectivity index (χ0) is 17.0. The molecule has 122 valence electrons. The Balaban J connectivity index is 1.90. The summed E-state index contributed by atoms with van der Waals surface area (Å²) in [5.74, 6) is 0.458. The van der Waals surface area contributed by atoms with E-state index >= 15 is 0 Å². The molecular formula is C19H22ClNO2. The Bertz CT molecular complexity index is 688. The average molecular weight is 332 g/mol. The maximum Gasteiger partial charge on any atom is 0.262 e. The van der Waals surface area contributed by atoms with E-state index in [-0.39, 0.29) is 17.9 Å². The number of anilines is 1. The predicted molar refractivity (Wildman–Crippen MR) is 95.5 cm³/mol. The molecule has 23 heavy (non-hydrogen) atoms. The number of aryl methyl sites for hydroxylation is 1. The van der Waals surface area contributed by atoms with Crippen LogP contribution in [0.1, 0.15) is 31.9 Å². The molecule has 0 atom stereocenters. The van der Waals surface area contributed by atoms with Crippen molar-refractivity contribution in [1.29, 1.82) is 0 Å². The van der Waals surface area contributed by atoms with Gasteiger partial charge in [0, 0.05) is 10.7 Å². The Hall–Kier alpha value is -2.00. The van der Waals surface area contributed by atoms with E-state index in [0.29, 0.717) is 16.5 Å². The molecule has 2 aromatic rings. The molecule has 3 nitrogen and oxygen atoms in total. The van der Waals surface area contributed by atoms with Crippen LogP contribution in [0.25, 0.3) is 0 Å². The number of benzene rings is 2. The lowest BCUT2D eigenvalue weighted by atomic mass is 9.87. The maximum atomic E-state index is 11.9. The number of carbonyl (C=O) groups excluding carboxylic acids is 1. The Kier molecular flexibility index (Phi) is 5.32. The van der Waals surface area contributed by atoms with Gasteiger partial charge in [0.1, 0.15) is 5.75 Å². The fourth-order valence-corrected chi connectivity index (χ4v) is 2.25. The zero-order valence-electron chi connectivity index (χ0n) is 13.9. The van der Waals surface area contributed by atoms with Crippen molar-refractivity contribution < 1.29 is 9.53 Å². The number of ether oxygens (including phenoxy) is 1. The van der Waals surface area contributed by atoms with Crippen molar-refractivity contribution in [1.82, 2.24) is 0 Å². The fraction of sp³-hybridized carbons (Fsp3) is 0.316. The summed E-state index contributed by atoms with van der Waals surface area (Å²) in [4.78, 5) is 11.9. The lowest BCUT2D eigenvalue weighted by Crippen LogP contribution is -2.20. The van der Waals surface area contributed by atoms with Crippen LogP contribution in [0.3, 0.4) is 0 Å². The third-order valence-electron chi connectivity index (χ3n) is 3.55. The van der Waals surface area contributed by atoms with Gasteiger partial charge in [-0.05, 0) is 47.7 Å². The van der Waals surface area contributed by atoms with Crippen molar-refractivity contribution in [3.8, 4) is 5.75 Å². The van der Waals surface area contributed by atoms with E-state index in [9.17, 15) is 4.79 Å². The standard InChI is InChI=1S/C19H22ClNO2/c1-13-5-8-15(11-17(13)20)21-18(22)12-23-16-9-6-14(7-10-16)19(2,3)4/h5-11H,12H2,1-4H3,(H,21,22). The van der Waals surface area contributed by atoms with Crippen LogP contribution in [0.2, 0.25) is 5.02 Å². The molecule has 1 N–H and O–H groups in total. The zero-order valence-corrected chi connectivity index (χ0v) is 14.7. The molecule has 0 heterocycles. The van der Waals surface area contributed by atoms with E-state index in [1.807, 2.05) is 43.3 Å². The largest absolute Gasteiger partial charge is 0.484 e. The van der Waals surface area contributed by atoms with Gasteiger partial charge in [0.2, 0.25) is 0 Å². The second kappa shape index (κ2) is 7.05. The summed E-state index contributed by atoms with van der Waals surface area (Å²) >= 11 is 6.04. The smallest absolute Gasteiger partial charge is 0.262 e. The summed E-state index contributed by atoms with van der Waals surface area (Å²) in [5.41, 5.74) is 2.96. The highest BCUT2D eigenvalue weighted by atomic mass is 35.5. The minimum absolute atomic E-state index is 0.0413. The summed E-state index contributed by atoms with van der Waals surface area (Å²) in [6, 6.07) is 13.2. The monoisotopic (exact) mass is 331 g/mol. The first-order valence-electron chi connectivity index (χ1n) is 7.55. The van der Waals surface area contributed by atoms with Crippen LogP contribution in [-0.4, -0.2) is 12.5 Å². The number of amides is 1. The van der Waals surface area contributed by atoms with Gasteiger partial charge >= 0.3 is 0 Å². The molecule has 0 bridgehead atoms. The van der Waals surface area contributed by atoms with Crippen molar-refractivity contribution in [3.05, 3.63) is 58.6 Å². The summed E-state index contributed by atoms with van der Waals surface area (Å²) in [5, 5.41) is 3.39. The normalized spacial score (nSPS) is 11.2. The van der Waals surface area contributed by atoms with Crippen LogP contribution >= 0.6 is 11.6 Å². The molecule has 0 spiro atoms. The Morgan fingerprint density at radius 1 is 1.13 bits per heavy atom. The second-order valence-electron chi connectivity index (χ2n) is 6.58. The van der Waals surface area contributed by atoms with Gasteiger partial charge in [0.25, 0.3) is 5.91 Å². The SMILES string of the molecule is Cc1ccc(NC(=O)COc2ccc(C(C)(C)C)cc2)cc1Cl. The molecule has 1 amide bonds. The molecule has 0 aliphatic carbocycles. The summed E-state index contributed by atoms with van der Waals surface area (Å²) in [7, 11) is 0. The van der Waals surface area contributed by atoms with E-state index in [0.717, 1.165) is 5.56 Å². The predicted octanol–water partition coefficient (Wildman–Crippen LogP) is 4.96. The quantitative estimate of drug-likeness (QED) is 0.859. The number of hydrogen-bond acceptors (Lipinski definition) is 2. The van der Waals surface area contributed by atoms with Crippen molar-refractivity contribution in [2.24, 2.45) is 0 Å². The number of hydrogen-bond donors (Lipinski definition) is 1. The number of nitrogens with one attached hydrogen (secondary N) is 1. The summed E-state index contributed by atoms with van der Waals surface area (Å²) in [6.07, 6.45) is 0. The summed E-state index contributed by atoms with van der Waals surface area (Å²) in [6.45, 7) is 8.34. The fourth-order valence-electron chi connectivity index (χ4n) is 2.07. The number of carbonyl (C=O) groups is 1. The maximum absolute atomic E-state index is 11.9. The highest BCUT2D eigenvalue weighted by Crippen LogP contribution is 2.24. The van der Waals surface area contributed by atoms with Gasteiger partial charge < -0.3 is 10.1 Å². The second-order valence-corrected chi connectivity index (χ2v) is 6.98. The molecule has 2 rings (SSSR count). The van der Waals surface area contributed by atoms with Gasteiger partial charge in [-0.15, -0.1) is 0 Å². The van der Waals surface area contributed by atoms with E-state index in [4.69, 9.17) is 16.3 Å². The highest BCUT2D eigenvalue weighted by Gasteiger charge is 2.13. The Labute approximate surface area is 142 Å². The lowest BCUT2D eigenvalue weighted by Gasteiger charge is -2.19. The minimum atomic E-state index is -0.218. The molecule has 0 aliphatic heterocycles. The molecule has 0 fully saturated rings. The molecule has 0 saturated carbocycles. The molecule has 0 aromatic heterocycles. The molecule has 0 unspecified atom stereocenters. The molecule has 2 aromatic carbocycles. The van der Waals surface area contributed by atoms with E-state index in [1.165, 1.54) is 5.56 Å². The molecule has 0 aliphatic rings. The minimum Gasteiger partial charge on any atom is -0.484 e. The lowest BCUT2D eigenvalue weighted by molar-refractivity contribution is -0.118. The van der Waals surface area contributed by atoms with Crippen LogP contribution in [0, 0.1) is 6.92 Å². The first-order chi connectivity index (χ1) is 10.8. The molecular weight excluding hydrogens is 310 g/mol. The van der Waals surface area contributed by atoms with Gasteiger partial charge in [0.05, 0.1) is 0 Å². The van der Waals surface area contributed by atoms with Crippen molar-refractivity contribution in [2.75, 3.05) is 11.9 Å². The van der Waals surface area contributed by atoms with Crippen LogP contribution in [-0.2, 0) is 10.2 Å². The van der Waals surface area contributed by atoms with Gasteiger partial charge in [-0.1, -0.05) is 50.6 Å². The van der Waals surface area contributed by atoms with Gasteiger partial charge in [-0.2, -0.15) is 0 Å². The van der Waals surface area contributed by atoms with Gasteiger partial charge in [0.15, 0.2) is 6.61 Å². The highest BCUT2D eigenvalue weighted by molar-refractivity contribution is 6.31. The molecule has 0 saturated heterocycles. The van der Waals surface area contributed by atoms with Crippen molar-refractivity contribution in [2.45, 2.75) is 33.1 Å². The Morgan fingerprint density at radius 2 is 1.78 bits per heavy atom. The number of rotatable bonds is 4. The van der Waals surface area contributed by atoms with Crippen LogP contribution in [0.5, 0.6) is 5.75 Å². The van der Waals surface area contributed by atoms with Crippen molar-refractivity contribution >= 4 is 23.2 Å². The third kappa shape index (κ3) is 5.00. The van der Waals surface area contributed by atoms with Crippen LogP contribution in [0.15, 0.2) is 42.5 Å². The Morgan fingerprint density at radius 3 is 2.35 bits per heavy atom. The van der Waals surface area contributed by atoms with Crippen LogP contribution < -0.4 is 10.1 Å². The first kappa shape index (κ1) is 17.4. The topological polar surface area (TPSA) is 38.3 Å². The van der Waals surface area contributed by atoms with E-state index in [2.05, 4.69) is 26.1 Å².